The highest BCUT2D eigenvalue weighted by Crippen LogP contribution is 2.20. The molecule has 2 atom stereocenters. The van der Waals surface area contributed by atoms with Crippen molar-refractivity contribution in [3.63, 3.8) is 0 Å². The highest BCUT2D eigenvalue weighted by Gasteiger charge is 2.35. The summed E-state index contributed by atoms with van der Waals surface area (Å²) >= 11 is 0. The normalized spacial score (nSPS) is 24.0. The summed E-state index contributed by atoms with van der Waals surface area (Å²) in [7, 11) is 0. The maximum absolute atomic E-state index is 11.4. The van der Waals surface area contributed by atoms with Gasteiger partial charge in [0.1, 0.15) is 0 Å². The highest BCUT2D eigenvalue weighted by molar-refractivity contribution is 5.88. The van der Waals surface area contributed by atoms with Crippen LogP contribution < -0.4 is 5.73 Å². The van der Waals surface area contributed by atoms with Crippen molar-refractivity contribution in [2.75, 3.05) is 13.2 Å². The Balaban J connectivity index is 2.56. The van der Waals surface area contributed by atoms with E-state index in [2.05, 4.69) is 0 Å². The van der Waals surface area contributed by atoms with E-state index in [0.717, 1.165) is 0 Å². The molecule has 0 aromatic carbocycles. The number of aliphatic hydroxyl groups excluding tert-OH is 1. The molecule has 1 heterocycles. The maximum atomic E-state index is 11.4. The number of likely N-dealkylation sites (tertiary alicyclic amines) is 1. The van der Waals surface area contributed by atoms with E-state index in [1.54, 1.807) is 4.90 Å². The molecule has 3 N–H and O–H groups in total. The van der Waals surface area contributed by atoms with Gasteiger partial charge in [-0.3, -0.25) is 9.59 Å². The predicted octanol–water partition coefficient (Wildman–Crippen LogP) is -0.909. The lowest BCUT2D eigenvalue weighted by Gasteiger charge is -2.23. The highest BCUT2D eigenvalue weighted by atomic mass is 16.3. The largest absolute Gasteiger partial charge is 0.396 e. The molecule has 0 aliphatic carbocycles. The molecule has 0 aromatic rings. The molecular formula is C9H16N2O3. The van der Waals surface area contributed by atoms with Crippen LogP contribution >= 0.6 is 0 Å². The number of hydrogen-bond acceptors (Lipinski definition) is 3. The lowest BCUT2D eigenvalue weighted by molar-refractivity contribution is -0.130. The van der Waals surface area contributed by atoms with Gasteiger partial charge in [-0.2, -0.15) is 0 Å². The number of amides is 2. The summed E-state index contributed by atoms with van der Waals surface area (Å²) in [4.78, 5) is 23.9. The summed E-state index contributed by atoms with van der Waals surface area (Å²) in [5, 5.41) is 8.73. The summed E-state index contributed by atoms with van der Waals surface area (Å²) in [6.07, 6.45) is 0.752. The van der Waals surface area contributed by atoms with Gasteiger partial charge in [0, 0.05) is 25.6 Å². The van der Waals surface area contributed by atoms with E-state index in [4.69, 9.17) is 10.8 Å². The predicted molar refractivity (Wildman–Crippen MR) is 50.2 cm³/mol. The molecule has 0 spiro atoms. The van der Waals surface area contributed by atoms with Crippen LogP contribution in [0.2, 0.25) is 0 Å². The third-order valence-corrected chi connectivity index (χ3v) is 2.64. The number of aliphatic hydroxyl groups is 1. The summed E-state index contributed by atoms with van der Waals surface area (Å²) < 4.78 is 0. The van der Waals surface area contributed by atoms with Gasteiger partial charge in [-0.25, -0.2) is 0 Å². The minimum absolute atomic E-state index is 0.0168. The molecular weight excluding hydrogens is 184 g/mol. The minimum Gasteiger partial charge on any atom is -0.396 e. The quantitative estimate of drug-likeness (QED) is 0.616. The van der Waals surface area contributed by atoms with Crippen molar-refractivity contribution < 1.29 is 14.7 Å². The van der Waals surface area contributed by atoms with E-state index in [1.807, 2.05) is 6.92 Å². The SMILES string of the molecule is CC(CCO)N1CC(C(N)=O)CC1=O. The van der Waals surface area contributed by atoms with Crippen LogP contribution in [0.1, 0.15) is 19.8 Å². The Hall–Kier alpha value is -1.10. The number of rotatable bonds is 4. The van der Waals surface area contributed by atoms with Crippen molar-refractivity contribution >= 4 is 11.8 Å². The first-order valence-corrected chi connectivity index (χ1v) is 4.76. The molecule has 1 saturated heterocycles. The van der Waals surface area contributed by atoms with E-state index in [-0.39, 0.29) is 30.9 Å². The van der Waals surface area contributed by atoms with Crippen molar-refractivity contribution in [1.29, 1.82) is 0 Å². The van der Waals surface area contributed by atoms with E-state index in [9.17, 15) is 9.59 Å². The second-order valence-corrected chi connectivity index (χ2v) is 3.71. The standard InChI is InChI=1S/C9H16N2O3/c1-6(2-3-12)11-5-7(9(10)14)4-8(11)13/h6-7,12H,2-5H2,1H3,(H2,10,14). The number of nitrogens with two attached hydrogens (primary N) is 1. The molecule has 1 fully saturated rings. The molecule has 1 aliphatic heterocycles. The monoisotopic (exact) mass is 200 g/mol. The van der Waals surface area contributed by atoms with Crippen LogP contribution in [0.4, 0.5) is 0 Å². The number of nitrogens with zero attached hydrogens (tertiary/aromatic N) is 1. The first kappa shape index (κ1) is 11.0. The molecule has 0 radical (unpaired) electrons. The summed E-state index contributed by atoms with van der Waals surface area (Å²) in [6, 6.07) is -0.0168. The second kappa shape index (κ2) is 4.41. The van der Waals surface area contributed by atoms with Gasteiger partial charge < -0.3 is 15.7 Å². The zero-order valence-electron chi connectivity index (χ0n) is 8.27. The lowest BCUT2D eigenvalue weighted by Crippen LogP contribution is -2.36. The van der Waals surface area contributed by atoms with Gasteiger partial charge in [0.15, 0.2) is 0 Å². The van der Waals surface area contributed by atoms with Gasteiger partial charge in [0.05, 0.1) is 5.92 Å². The molecule has 2 amide bonds. The topological polar surface area (TPSA) is 83.6 Å². The number of primary amides is 1. The van der Waals surface area contributed by atoms with Crippen molar-refractivity contribution in [2.24, 2.45) is 11.7 Å². The van der Waals surface area contributed by atoms with Gasteiger partial charge in [-0.15, -0.1) is 0 Å². The van der Waals surface area contributed by atoms with E-state index in [0.29, 0.717) is 13.0 Å². The third-order valence-electron chi connectivity index (χ3n) is 2.64. The first-order valence-electron chi connectivity index (χ1n) is 4.76. The second-order valence-electron chi connectivity index (χ2n) is 3.71. The Morgan fingerprint density at radius 2 is 2.43 bits per heavy atom. The number of hydrogen-bond donors (Lipinski definition) is 2. The van der Waals surface area contributed by atoms with Gasteiger partial charge in [0.2, 0.25) is 11.8 Å². The number of carbonyl (C=O) groups excluding carboxylic acids is 2. The first-order chi connectivity index (χ1) is 6.56. The Morgan fingerprint density at radius 3 is 2.86 bits per heavy atom. The Morgan fingerprint density at radius 1 is 1.79 bits per heavy atom. The van der Waals surface area contributed by atoms with E-state index in [1.165, 1.54) is 0 Å². The zero-order valence-corrected chi connectivity index (χ0v) is 8.27. The molecule has 1 rings (SSSR count). The summed E-state index contributed by atoms with van der Waals surface area (Å²) in [5.74, 6) is -0.824. The van der Waals surface area contributed by atoms with Crippen molar-refractivity contribution in [1.82, 2.24) is 4.90 Å². The van der Waals surface area contributed by atoms with Crippen molar-refractivity contribution in [3.8, 4) is 0 Å². The van der Waals surface area contributed by atoms with Gasteiger partial charge in [0.25, 0.3) is 0 Å². The molecule has 14 heavy (non-hydrogen) atoms. The van der Waals surface area contributed by atoms with Crippen LogP contribution in [0.5, 0.6) is 0 Å². The Bertz CT molecular complexity index is 242. The van der Waals surface area contributed by atoms with Gasteiger partial charge in [-0.05, 0) is 13.3 Å². The maximum Gasteiger partial charge on any atom is 0.223 e. The molecule has 0 saturated carbocycles. The Labute approximate surface area is 82.9 Å². The molecule has 0 aromatic heterocycles. The van der Waals surface area contributed by atoms with Crippen molar-refractivity contribution in [3.05, 3.63) is 0 Å². The van der Waals surface area contributed by atoms with Crippen LogP contribution in [0.25, 0.3) is 0 Å². The molecule has 1 aliphatic rings. The number of carbonyl (C=O) groups is 2. The molecule has 5 heteroatoms. The van der Waals surface area contributed by atoms with Gasteiger partial charge in [-0.1, -0.05) is 0 Å². The van der Waals surface area contributed by atoms with Crippen LogP contribution in [0.15, 0.2) is 0 Å². The lowest BCUT2D eigenvalue weighted by atomic mass is 10.1. The molecule has 5 nitrogen and oxygen atoms in total. The van der Waals surface area contributed by atoms with Crippen LogP contribution in [0, 0.1) is 5.92 Å². The zero-order chi connectivity index (χ0) is 10.7. The smallest absolute Gasteiger partial charge is 0.223 e. The third kappa shape index (κ3) is 2.23. The fraction of sp³-hybridized carbons (Fsp3) is 0.778. The average Bonchev–Trinajstić information content (AvgIpc) is 2.48. The van der Waals surface area contributed by atoms with Gasteiger partial charge >= 0.3 is 0 Å². The van der Waals surface area contributed by atoms with Crippen LogP contribution in [-0.4, -0.2) is 41.0 Å². The van der Waals surface area contributed by atoms with Crippen LogP contribution in [-0.2, 0) is 9.59 Å². The molecule has 80 valence electrons. The molecule has 0 bridgehead atoms. The molecule has 2 unspecified atom stereocenters. The van der Waals surface area contributed by atoms with E-state index >= 15 is 0 Å². The minimum atomic E-state index is -0.419. The van der Waals surface area contributed by atoms with Crippen molar-refractivity contribution in [2.45, 2.75) is 25.8 Å². The fourth-order valence-electron chi connectivity index (χ4n) is 1.69. The summed E-state index contributed by atoms with van der Waals surface area (Å²) in [5.41, 5.74) is 5.13. The summed E-state index contributed by atoms with van der Waals surface area (Å²) in [6.45, 7) is 2.30. The Kier molecular flexibility index (Phi) is 3.46. The van der Waals surface area contributed by atoms with E-state index < -0.39 is 5.91 Å². The average molecular weight is 200 g/mol. The van der Waals surface area contributed by atoms with Crippen LogP contribution in [0.3, 0.4) is 0 Å². The fourth-order valence-corrected chi connectivity index (χ4v) is 1.69.